The minimum absolute atomic E-state index is 0.191. The molecule has 1 aromatic rings. The molecule has 8 heteroatoms. The molecule has 32 heavy (non-hydrogen) atoms. The van der Waals surface area contributed by atoms with Gasteiger partial charge in [0.1, 0.15) is 0 Å². The van der Waals surface area contributed by atoms with Crippen LogP contribution in [0.1, 0.15) is 64.4 Å². The normalized spacial score (nSPS) is 23.0. The number of benzene rings is 1. The zero-order chi connectivity index (χ0) is 22.9. The molecule has 5 nitrogen and oxygen atoms in total. The number of nitrogens with zero attached hydrogens (tertiary/aromatic N) is 1. The number of amides is 1. The van der Waals surface area contributed by atoms with E-state index in [1.54, 1.807) is 0 Å². The molecule has 3 unspecified atom stereocenters. The number of ether oxygens (including phenoxy) is 2. The largest absolute Gasteiger partial charge is 0.454 e. The van der Waals surface area contributed by atoms with Gasteiger partial charge in [-0.25, -0.2) is 0 Å². The molecule has 0 aliphatic carbocycles. The van der Waals surface area contributed by atoms with Gasteiger partial charge in [-0.3, -0.25) is 9.00 Å². The number of carbonyl (C=O) groups is 1. The van der Waals surface area contributed by atoms with Crippen molar-refractivity contribution in [1.29, 1.82) is 0 Å². The molecule has 4 rings (SSSR count). The van der Waals surface area contributed by atoms with Crippen LogP contribution < -0.4 is 9.47 Å². The summed E-state index contributed by atoms with van der Waals surface area (Å²) in [5, 5.41) is 0.731. The van der Waals surface area contributed by atoms with E-state index in [-0.39, 0.29) is 5.25 Å². The number of hydrogen-bond donors (Lipinski definition) is 0. The summed E-state index contributed by atoms with van der Waals surface area (Å²) in [6.07, 6.45) is 9.11. The Balaban J connectivity index is 0.000000238. The topological polar surface area (TPSA) is 55.8 Å². The highest BCUT2D eigenvalue weighted by molar-refractivity contribution is 14.1. The SMILES string of the molecule is CCCCCCCCS(=O)C(C)Cc1ccc2c(c1)OCO2.O=C1C[C@H]2SCC(I)CN12. The second kappa shape index (κ2) is 13.4. The summed E-state index contributed by atoms with van der Waals surface area (Å²) in [7, 11) is -0.743. The molecule has 2 fully saturated rings. The van der Waals surface area contributed by atoms with Gasteiger partial charge in [0, 0.05) is 38.0 Å². The zero-order valence-electron chi connectivity index (χ0n) is 19.2. The lowest BCUT2D eigenvalue weighted by molar-refractivity contribution is -0.141. The second-order valence-electron chi connectivity index (χ2n) is 8.69. The van der Waals surface area contributed by atoms with Crippen molar-refractivity contribution in [2.45, 2.75) is 79.8 Å². The molecule has 3 aliphatic rings. The molecule has 180 valence electrons. The minimum Gasteiger partial charge on any atom is -0.454 e. The second-order valence-corrected chi connectivity index (χ2v) is 13.6. The lowest BCUT2D eigenvalue weighted by atomic mass is 10.1. The van der Waals surface area contributed by atoms with E-state index in [1.165, 1.54) is 43.4 Å². The smallest absolute Gasteiger partial charge is 0.231 e. The molecule has 1 aromatic carbocycles. The van der Waals surface area contributed by atoms with E-state index in [2.05, 4.69) is 36.4 Å². The van der Waals surface area contributed by atoms with Crippen molar-refractivity contribution >= 4 is 51.1 Å². The summed E-state index contributed by atoms with van der Waals surface area (Å²) in [4.78, 5) is 12.9. The first-order valence-corrected chi connectivity index (χ1v) is 15.5. The summed E-state index contributed by atoms with van der Waals surface area (Å²) in [5.41, 5.74) is 1.17. The first-order chi connectivity index (χ1) is 15.5. The van der Waals surface area contributed by atoms with Gasteiger partial charge in [-0.15, -0.1) is 11.8 Å². The number of unbranched alkanes of at least 4 members (excludes halogenated alkanes) is 5. The summed E-state index contributed by atoms with van der Waals surface area (Å²) >= 11 is 4.33. The molecule has 0 bridgehead atoms. The molecule has 1 amide bonds. The van der Waals surface area contributed by atoms with E-state index in [4.69, 9.17) is 9.47 Å². The molecule has 0 radical (unpaired) electrons. The summed E-state index contributed by atoms with van der Waals surface area (Å²) < 4.78 is 23.7. The number of carbonyl (C=O) groups excluding carboxylic acids is 1. The molecular weight excluding hydrogens is 557 g/mol. The van der Waals surface area contributed by atoms with Gasteiger partial charge in [0.25, 0.3) is 0 Å². The predicted molar refractivity (Wildman–Crippen MR) is 143 cm³/mol. The number of thioether (sulfide) groups is 1. The Morgan fingerprint density at radius 2 is 1.94 bits per heavy atom. The number of hydrogen-bond acceptors (Lipinski definition) is 5. The first-order valence-electron chi connectivity index (χ1n) is 11.8. The Kier molecular flexibility index (Phi) is 11.0. The van der Waals surface area contributed by atoms with Crippen LogP contribution in [0.5, 0.6) is 11.5 Å². The molecule has 2 saturated heterocycles. The van der Waals surface area contributed by atoms with Gasteiger partial charge in [0.15, 0.2) is 11.5 Å². The number of halogens is 1. The van der Waals surface area contributed by atoms with Crippen LogP contribution in [-0.2, 0) is 22.0 Å². The Morgan fingerprint density at radius 3 is 2.69 bits per heavy atom. The Bertz CT molecular complexity index is 778. The number of rotatable bonds is 10. The van der Waals surface area contributed by atoms with Crippen molar-refractivity contribution in [3.05, 3.63) is 23.8 Å². The molecule has 0 aromatic heterocycles. The van der Waals surface area contributed by atoms with Crippen molar-refractivity contribution in [3.63, 3.8) is 0 Å². The third-order valence-electron chi connectivity index (χ3n) is 5.99. The summed E-state index contributed by atoms with van der Waals surface area (Å²) in [5.74, 6) is 4.02. The van der Waals surface area contributed by atoms with Crippen LogP contribution >= 0.6 is 34.4 Å². The van der Waals surface area contributed by atoms with Crippen LogP contribution in [0.15, 0.2) is 18.2 Å². The number of β-lactam (4-membered cyclic amide) rings is 1. The number of alkyl halides is 1. The quantitative estimate of drug-likeness (QED) is 0.154. The average molecular weight is 594 g/mol. The molecule has 0 N–H and O–H groups in total. The van der Waals surface area contributed by atoms with E-state index in [0.29, 0.717) is 22.0 Å². The number of fused-ring (bicyclic) bond motifs is 2. The van der Waals surface area contributed by atoms with Gasteiger partial charge in [-0.1, -0.05) is 74.6 Å². The van der Waals surface area contributed by atoms with Crippen molar-refractivity contribution in [2.24, 2.45) is 0 Å². The van der Waals surface area contributed by atoms with Crippen molar-refractivity contribution in [2.75, 3.05) is 24.8 Å². The van der Waals surface area contributed by atoms with Gasteiger partial charge in [-0.05, 0) is 30.5 Å². The highest BCUT2D eigenvalue weighted by Gasteiger charge is 2.40. The summed E-state index contributed by atoms with van der Waals surface area (Å²) in [6.45, 7) is 5.60. The summed E-state index contributed by atoms with van der Waals surface area (Å²) in [6, 6.07) is 6.01. The van der Waals surface area contributed by atoms with Gasteiger partial charge < -0.3 is 14.4 Å². The molecule has 0 saturated carbocycles. The highest BCUT2D eigenvalue weighted by Crippen LogP contribution is 2.36. The molecular formula is C24H36INO4S2. The van der Waals surface area contributed by atoms with E-state index >= 15 is 0 Å². The predicted octanol–water partition coefficient (Wildman–Crippen LogP) is 5.55. The third-order valence-corrected chi connectivity index (χ3v) is 10.6. The van der Waals surface area contributed by atoms with Gasteiger partial charge in [0.05, 0.1) is 11.8 Å². The Hall–Kier alpha value is -0.480. The average Bonchev–Trinajstić information content (AvgIpc) is 3.25. The van der Waals surface area contributed by atoms with Crippen LogP contribution in [0, 0.1) is 0 Å². The minimum atomic E-state index is -0.743. The van der Waals surface area contributed by atoms with E-state index < -0.39 is 10.8 Å². The highest BCUT2D eigenvalue weighted by atomic mass is 127. The van der Waals surface area contributed by atoms with Gasteiger partial charge in [0.2, 0.25) is 12.7 Å². The fourth-order valence-corrected chi connectivity index (χ4v) is 7.49. The van der Waals surface area contributed by atoms with Crippen LogP contribution in [-0.4, -0.2) is 54.4 Å². The fourth-order valence-electron chi connectivity index (χ4n) is 3.99. The van der Waals surface area contributed by atoms with Gasteiger partial charge in [-0.2, -0.15) is 0 Å². The Morgan fingerprint density at radius 1 is 1.19 bits per heavy atom. The van der Waals surface area contributed by atoms with Crippen molar-refractivity contribution in [1.82, 2.24) is 4.90 Å². The van der Waals surface area contributed by atoms with Crippen LogP contribution in [0.3, 0.4) is 0 Å². The van der Waals surface area contributed by atoms with E-state index in [0.717, 1.165) is 43.1 Å². The maximum atomic E-state index is 12.3. The van der Waals surface area contributed by atoms with Crippen molar-refractivity contribution < 1.29 is 18.5 Å². The maximum absolute atomic E-state index is 12.3. The molecule has 0 spiro atoms. The monoisotopic (exact) mass is 593 g/mol. The molecule has 4 atom stereocenters. The third kappa shape index (κ3) is 7.79. The first kappa shape index (κ1) is 26.1. The van der Waals surface area contributed by atoms with Gasteiger partial charge >= 0.3 is 0 Å². The van der Waals surface area contributed by atoms with Crippen molar-refractivity contribution in [3.8, 4) is 11.5 Å². The lowest BCUT2D eigenvalue weighted by Gasteiger charge is -2.44. The molecule has 3 heterocycles. The fraction of sp³-hybridized carbons (Fsp3) is 0.708. The zero-order valence-corrected chi connectivity index (χ0v) is 23.0. The van der Waals surface area contributed by atoms with E-state index in [1.807, 2.05) is 34.9 Å². The van der Waals surface area contributed by atoms with Crippen LogP contribution in [0.2, 0.25) is 0 Å². The standard InChI is InChI=1S/C18H28O3S.C6H8INOS/c1-3-4-5-6-7-8-11-22(19)15(2)12-16-9-10-17-18(13-16)21-14-20-17;7-4-2-8-5(9)1-6(8)10-3-4/h9-10,13,15H,3-8,11-12,14H2,1-2H3;4,6H,1-3H2/t;4?,6-/m.1/s1. The Labute approximate surface area is 213 Å². The van der Waals surface area contributed by atoms with Crippen LogP contribution in [0.4, 0.5) is 0 Å². The van der Waals surface area contributed by atoms with E-state index in [9.17, 15) is 9.00 Å². The van der Waals surface area contributed by atoms with Crippen LogP contribution in [0.25, 0.3) is 0 Å². The molecule has 3 aliphatic heterocycles. The maximum Gasteiger partial charge on any atom is 0.231 e. The lowest BCUT2D eigenvalue weighted by Crippen LogP contribution is -2.56.